The Bertz CT molecular complexity index is 881. The number of rotatable bonds is 51. The number of esters is 1. The number of nitrogens with two attached hydrogens (primary N) is 1. The molecule has 0 saturated carbocycles. The molecule has 8 nitrogen and oxygen atoms in total. The first-order valence-corrected chi connectivity index (χ1v) is 27.9. The fraction of sp³-hybridized carbons (Fsp3) is 0.980. The van der Waals surface area contributed by atoms with Gasteiger partial charge in [0.15, 0.2) is 0 Å². The van der Waals surface area contributed by atoms with Crippen molar-refractivity contribution >= 4 is 13.8 Å². The molecule has 0 aromatic carbocycles. The SMILES string of the molecule is CCCCCCCCCCCCCCCCO[C@H](COC(=O)C(CCCCCCCCCCCCCC)CCCCCCCCCCCCCC)COP(=O)([O-])OCCN. The lowest BCUT2D eigenvalue weighted by molar-refractivity contribution is -0.228. The number of phosphoric acid groups is 1. The van der Waals surface area contributed by atoms with E-state index < -0.39 is 13.9 Å². The molecule has 0 aliphatic carbocycles. The standard InChI is InChI=1S/C51H104NO7P/c1-4-7-10-13-16-19-22-25-26-29-32-35-38-41-45-56-50(48-59-60(54,55)58-46-44-52)47-57-51(53)49(42-39-36-33-30-27-23-20-17-14-11-8-5-2)43-40-37-34-31-28-24-21-18-15-12-9-6-3/h49-50H,4-48,52H2,1-3H3,(H,54,55)/p-1/t50-/m1/s1. The summed E-state index contributed by atoms with van der Waals surface area (Å²) in [6.07, 6.45) is 49.9. The fourth-order valence-corrected chi connectivity index (χ4v) is 8.96. The Labute approximate surface area is 373 Å². The second-order valence-corrected chi connectivity index (χ2v) is 19.5. The number of hydrogen-bond donors (Lipinski definition) is 1. The van der Waals surface area contributed by atoms with E-state index in [1.54, 1.807) is 0 Å². The average molecular weight is 873 g/mol. The van der Waals surface area contributed by atoms with Crippen molar-refractivity contribution in [1.82, 2.24) is 0 Å². The van der Waals surface area contributed by atoms with Crippen molar-refractivity contribution in [2.45, 2.75) is 284 Å². The Morgan fingerprint density at radius 1 is 0.450 bits per heavy atom. The van der Waals surface area contributed by atoms with E-state index in [4.69, 9.17) is 24.3 Å². The van der Waals surface area contributed by atoms with Gasteiger partial charge >= 0.3 is 5.97 Å². The van der Waals surface area contributed by atoms with Gasteiger partial charge in [0.25, 0.3) is 7.82 Å². The summed E-state index contributed by atoms with van der Waals surface area (Å²) in [5.41, 5.74) is 5.43. The fourth-order valence-electron chi connectivity index (χ4n) is 8.20. The van der Waals surface area contributed by atoms with Crippen molar-refractivity contribution in [3.8, 4) is 0 Å². The minimum absolute atomic E-state index is 0.0261. The van der Waals surface area contributed by atoms with Gasteiger partial charge in [-0.05, 0) is 19.3 Å². The Morgan fingerprint density at radius 2 is 0.767 bits per heavy atom. The first kappa shape index (κ1) is 59.5. The van der Waals surface area contributed by atoms with Crippen LogP contribution in [0.5, 0.6) is 0 Å². The molecule has 9 heteroatoms. The zero-order valence-corrected chi connectivity index (χ0v) is 41.3. The largest absolute Gasteiger partial charge is 0.756 e. The number of unbranched alkanes of at least 4 members (excludes halogenated alkanes) is 35. The van der Waals surface area contributed by atoms with Crippen LogP contribution in [-0.4, -0.2) is 45.0 Å². The maximum atomic E-state index is 13.6. The molecule has 0 aliphatic heterocycles. The molecule has 0 aromatic heterocycles. The molecule has 0 aromatic rings. The summed E-state index contributed by atoms with van der Waals surface area (Å²) in [5.74, 6) is -0.321. The van der Waals surface area contributed by atoms with Gasteiger partial charge in [-0.25, -0.2) is 0 Å². The van der Waals surface area contributed by atoms with Crippen LogP contribution in [-0.2, 0) is 27.9 Å². The Hall–Kier alpha value is -0.500. The molecule has 0 amide bonds. The van der Waals surface area contributed by atoms with Gasteiger partial charge in [0, 0.05) is 13.2 Å². The van der Waals surface area contributed by atoms with Gasteiger partial charge in [-0.2, -0.15) is 0 Å². The normalized spacial score (nSPS) is 13.3. The zero-order valence-electron chi connectivity index (χ0n) is 40.4. The van der Waals surface area contributed by atoms with Crippen LogP contribution in [0.2, 0.25) is 0 Å². The van der Waals surface area contributed by atoms with Crippen LogP contribution in [0.25, 0.3) is 0 Å². The van der Waals surface area contributed by atoms with Crippen LogP contribution in [0.3, 0.4) is 0 Å². The number of hydrogen-bond acceptors (Lipinski definition) is 8. The van der Waals surface area contributed by atoms with Crippen molar-refractivity contribution in [1.29, 1.82) is 0 Å². The molecule has 0 aliphatic rings. The molecule has 0 fully saturated rings. The number of phosphoric ester groups is 1. The first-order valence-electron chi connectivity index (χ1n) is 26.5. The molecular weight excluding hydrogens is 770 g/mol. The van der Waals surface area contributed by atoms with Crippen LogP contribution < -0.4 is 10.6 Å². The Balaban J connectivity index is 4.83. The maximum absolute atomic E-state index is 13.6. The zero-order chi connectivity index (χ0) is 43.9. The average Bonchev–Trinajstić information content (AvgIpc) is 3.24. The third-order valence-electron chi connectivity index (χ3n) is 12.2. The topological polar surface area (TPSA) is 120 Å². The lowest BCUT2D eigenvalue weighted by atomic mass is 9.94. The monoisotopic (exact) mass is 873 g/mol. The molecule has 0 rings (SSSR count). The van der Waals surface area contributed by atoms with Gasteiger partial charge in [-0.1, -0.05) is 258 Å². The van der Waals surface area contributed by atoms with Crippen LogP contribution in [0.1, 0.15) is 278 Å². The number of ether oxygens (including phenoxy) is 2. The van der Waals surface area contributed by atoms with Crippen molar-refractivity contribution in [2.24, 2.45) is 11.7 Å². The summed E-state index contributed by atoms with van der Waals surface area (Å²) >= 11 is 0. The minimum Gasteiger partial charge on any atom is -0.756 e. The highest BCUT2D eigenvalue weighted by Gasteiger charge is 2.23. The molecule has 1 unspecified atom stereocenters. The van der Waals surface area contributed by atoms with Crippen LogP contribution in [0.4, 0.5) is 0 Å². The van der Waals surface area contributed by atoms with E-state index in [1.807, 2.05) is 0 Å². The van der Waals surface area contributed by atoms with Gasteiger partial charge < -0.3 is 29.1 Å². The highest BCUT2D eigenvalue weighted by molar-refractivity contribution is 7.45. The minimum atomic E-state index is -4.53. The highest BCUT2D eigenvalue weighted by Crippen LogP contribution is 2.38. The first-order chi connectivity index (χ1) is 29.4. The van der Waals surface area contributed by atoms with E-state index in [2.05, 4.69) is 20.8 Å². The van der Waals surface area contributed by atoms with Crippen LogP contribution in [0.15, 0.2) is 0 Å². The number of carbonyl (C=O) groups excluding carboxylic acids is 1. The summed E-state index contributed by atoms with van der Waals surface area (Å²) in [7, 11) is -4.53. The molecule has 2 atom stereocenters. The van der Waals surface area contributed by atoms with Crippen LogP contribution in [0, 0.1) is 5.92 Å². The summed E-state index contributed by atoms with van der Waals surface area (Å²) in [4.78, 5) is 25.9. The molecule has 0 radical (unpaired) electrons. The summed E-state index contributed by atoms with van der Waals surface area (Å²) in [6.45, 7) is 6.94. The van der Waals surface area contributed by atoms with Crippen molar-refractivity contribution in [2.75, 3.05) is 33.0 Å². The van der Waals surface area contributed by atoms with Crippen molar-refractivity contribution < 1.29 is 32.8 Å². The molecule has 0 bridgehead atoms. The van der Waals surface area contributed by atoms with Gasteiger partial charge in [-0.15, -0.1) is 0 Å². The van der Waals surface area contributed by atoms with Crippen molar-refractivity contribution in [3.63, 3.8) is 0 Å². The lowest BCUT2D eigenvalue weighted by Gasteiger charge is -2.26. The Morgan fingerprint density at radius 3 is 1.10 bits per heavy atom. The van der Waals surface area contributed by atoms with Crippen LogP contribution >= 0.6 is 7.82 Å². The van der Waals surface area contributed by atoms with E-state index >= 15 is 0 Å². The summed E-state index contributed by atoms with van der Waals surface area (Å²) < 4.78 is 34.3. The molecule has 0 heterocycles. The summed E-state index contributed by atoms with van der Waals surface area (Å²) in [5, 5.41) is 0. The van der Waals surface area contributed by atoms with Crippen molar-refractivity contribution in [3.05, 3.63) is 0 Å². The van der Waals surface area contributed by atoms with Gasteiger partial charge in [0.2, 0.25) is 0 Å². The van der Waals surface area contributed by atoms with Gasteiger partial charge in [0.05, 0.1) is 19.1 Å². The van der Waals surface area contributed by atoms with E-state index in [1.165, 1.54) is 205 Å². The van der Waals surface area contributed by atoms with E-state index in [9.17, 15) is 14.3 Å². The third-order valence-corrected chi connectivity index (χ3v) is 13.2. The predicted octanol–water partition coefficient (Wildman–Crippen LogP) is 15.7. The molecular formula is C51H103NO7P-. The molecule has 2 N–H and O–H groups in total. The van der Waals surface area contributed by atoms with E-state index in [-0.39, 0.29) is 38.3 Å². The van der Waals surface area contributed by atoms with E-state index in [0.29, 0.717) is 6.61 Å². The Kier molecular flexibility index (Phi) is 47.6. The summed E-state index contributed by atoms with van der Waals surface area (Å²) in [6, 6.07) is 0. The maximum Gasteiger partial charge on any atom is 0.309 e. The number of carbonyl (C=O) groups is 1. The quantitative estimate of drug-likeness (QED) is 0.0364. The molecule has 60 heavy (non-hydrogen) atoms. The van der Waals surface area contributed by atoms with E-state index in [0.717, 1.165) is 51.4 Å². The highest BCUT2D eigenvalue weighted by atomic mass is 31.2. The smallest absolute Gasteiger partial charge is 0.309 e. The molecule has 0 saturated heterocycles. The second kappa shape index (κ2) is 48.0. The predicted molar refractivity (Wildman–Crippen MR) is 254 cm³/mol. The molecule has 0 spiro atoms. The second-order valence-electron chi connectivity index (χ2n) is 18.1. The lowest BCUT2D eigenvalue weighted by Crippen LogP contribution is -2.30. The van der Waals surface area contributed by atoms with Gasteiger partial charge in [0.1, 0.15) is 12.7 Å². The third kappa shape index (κ3) is 44.1. The molecule has 360 valence electrons. The van der Waals surface area contributed by atoms with Gasteiger partial charge in [-0.3, -0.25) is 9.36 Å².